The molecule has 0 saturated carbocycles. The minimum Gasteiger partial charge on any atom is -0.496 e. The van der Waals surface area contributed by atoms with Gasteiger partial charge in [0.1, 0.15) is 11.5 Å². The van der Waals surface area contributed by atoms with E-state index < -0.39 is 5.54 Å². The summed E-state index contributed by atoms with van der Waals surface area (Å²) in [4.78, 5) is 26.3. The third-order valence-corrected chi connectivity index (χ3v) is 4.42. The van der Waals surface area contributed by atoms with Gasteiger partial charge in [0, 0.05) is 11.1 Å². The van der Waals surface area contributed by atoms with E-state index >= 15 is 0 Å². The van der Waals surface area contributed by atoms with Gasteiger partial charge < -0.3 is 9.47 Å². The first-order valence-electron chi connectivity index (χ1n) is 9.04. The fourth-order valence-corrected chi connectivity index (χ4v) is 2.88. The van der Waals surface area contributed by atoms with Gasteiger partial charge in [-0.05, 0) is 58.9 Å². The number of aryl methyl sites for hydroxylation is 1. The van der Waals surface area contributed by atoms with Crippen molar-refractivity contribution in [2.75, 3.05) is 14.2 Å². The SMILES string of the molecule is COc1ccc(C)cc1C(=O)N(NC(=O)c1cccc(OC)c1C)C(C)(C)C. The maximum atomic E-state index is 13.3. The van der Waals surface area contributed by atoms with Crippen LogP contribution in [-0.2, 0) is 0 Å². The van der Waals surface area contributed by atoms with Gasteiger partial charge in [-0.1, -0.05) is 17.7 Å². The summed E-state index contributed by atoms with van der Waals surface area (Å²) in [5.74, 6) is 0.339. The van der Waals surface area contributed by atoms with Crippen LogP contribution >= 0.6 is 0 Å². The van der Waals surface area contributed by atoms with E-state index in [2.05, 4.69) is 5.43 Å². The Labute approximate surface area is 166 Å². The average Bonchev–Trinajstić information content (AvgIpc) is 2.64. The zero-order chi connectivity index (χ0) is 21.1. The Hall–Kier alpha value is -3.02. The molecule has 0 radical (unpaired) electrons. The molecule has 0 spiro atoms. The Morgan fingerprint density at radius 1 is 0.929 bits per heavy atom. The molecule has 6 heteroatoms. The molecule has 0 aliphatic carbocycles. The van der Waals surface area contributed by atoms with E-state index in [1.54, 1.807) is 44.4 Å². The summed E-state index contributed by atoms with van der Waals surface area (Å²) < 4.78 is 10.6. The Morgan fingerprint density at radius 3 is 2.14 bits per heavy atom. The molecule has 0 bridgehead atoms. The summed E-state index contributed by atoms with van der Waals surface area (Å²) in [7, 11) is 3.07. The number of nitrogens with zero attached hydrogens (tertiary/aromatic N) is 1. The molecule has 2 aromatic rings. The highest BCUT2D eigenvalue weighted by molar-refractivity contribution is 6.01. The summed E-state index contributed by atoms with van der Waals surface area (Å²) in [6.45, 7) is 9.26. The van der Waals surface area contributed by atoms with E-state index in [0.717, 1.165) is 5.56 Å². The summed E-state index contributed by atoms with van der Waals surface area (Å²) in [6, 6.07) is 10.6. The minimum absolute atomic E-state index is 0.345. The molecule has 0 saturated heterocycles. The van der Waals surface area contributed by atoms with Crippen molar-refractivity contribution in [2.24, 2.45) is 0 Å². The van der Waals surface area contributed by atoms with Crippen molar-refractivity contribution in [2.45, 2.75) is 40.2 Å². The monoisotopic (exact) mass is 384 g/mol. The largest absolute Gasteiger partial charge is 0.496 e. The molecule has 150 valence electrons. The fourth-order valence-electron chi connectivity index (χ4n) is 2.88. The Kier molecular flexibility index (Phi) is 6.33. The van der Waals surface area contributed by atoms with Crippen molar-refractivity contribution in [3.8, 4) is 11.5 Å². The number of benzene rings is 2. The lowest BCUT2D eigenvalue weighted by Gasteiger charge is -2.36. The highest BCUT2D eigenvalue weighted by Crippen LogP contribution is 2.25. The summed E-state index contributed by atoms with van der Waals surface area (Å²) in [6.07, 6.45) is 0. The number of carbonyl (C=O) groups is 2. The van der Waals surface area contributed by atoms with Gasteiger partial charge in [-0.25, -0.2) is 5.01 Å². The van der Waals surface area contributed by atoms with Crippen molar-refractivity contribution in [3.63, 3.8) is 0 Å². The van der Waals surface area contributed by atoms with Gasteiger partial charge in [-0.2, -0.15) is 0 Å². The average molecular weight is 384 g/mol. The molecule has 0 aliphatic heterocycles. The molecular formula is C22H28N2O4. The van der Waals surface area contributed by atoms with Gasteiger partial charge >= 0.3 is 0 Å². The van der Waals surface area contributed by atoms with E-state index in [1.165, 1.54) is 12.1 Å². The number of ether oxygens (including phenoxy) is 2. The van der Waals surface area contributed by atoms with Crippen LogP contribution in [0.4, 0.5) is 0 Å². The molecule has 0 atom stereocenters. The van der Waals surface area contributed by atoms with Gasteiger partial charge in [0.15, 0.2) is 0 Å². The van der Waals surface area contributed by atoms with Crippen LogP contribution in [0.1, 0.15) is 52.6 Å². The molecule has 0 unspecified atom stereocenters. The van der Waals surface area contributed by atoms with Gasteiger partial charge in [0.05, 0.1) is 25.3 Å². The van der Waals surface area contributed by atoms with Crippen molar-refractivity contribution in [3.05, 3.63) is 58.7 Å². The summed E-state index contributed by atoms with van der Waals surface area (Å²) in [5.41, 5.74) is 4.57. The van der Waals surface area contributed by atoms with Crippen LogP contribution in [0.3, 0.4) is 0 Å². The van der Waals surface area contributed by atoms with Crippen molar-refractivity contribution < 1.29 is 19.1 Å². The third-order valence-electron chi connectivity index (χ3n) is 4.42. The lowest BCUT2D eigenvalue weighted by molar-refractivity contribution is 0.0355. The highest BCUT2D eigenvalue weighted by Gasteiger charge is 2.31. The Balaban J connectivity index is 2.42. The predicted octanol–water partition coefficient (Wildman–Crippen LogP) is 3.91. The first-order valence-corrected chi connectivity index (χ1v) is 9.04. The van der Waals surface area contributed by atoms with Gasteiger partial charge in [0.2, 0.25) is 0 Å². The number of methoxy groups -OCH3 is 2. The second-order valence-corrected chi connectivity index (χ2v) is 7.59. The molecule has 2 aromatic carbocycles. The van der Waals surface area contributed by atoms with Crippen LogP contribution in [0.2, 0.25) is 0 Å². The predicted molar refractivity (Wildman–Crippen MR) is 109 cm³/mol. The lowest BCUT2D eigenvalue weighted by Crippen LogP contribution is -2.56. The maximum absolute atomic E-state index is 13.3. The second-order valence-electron chi connectivity index (χ2n) is 7.59. The number of hydrazine groups is 1. The second kappa shape index (κ2) is 8.33. The number of hydrogen-bond donors (Lipinski definition) is 1. The molecular weight excluding hydrogens is 356 g/mol. The van der Waals surface area contributed by atoms with Crippen LogP contribution in [-0.4, -0.2) is 36.6 Å². The number of rotatable bonds is 4. The van der Waals surface area contributed by atoms with Crippen molar-refractivity contribution >= 4 is 11.8 Å². The number of carbonyl (C=O) groups excluding carboxylic acids is 2. The molecule has 2 amide bonds. The van der Waals surface area contributed by atoms with E-state index in [1.807, 2.05) is 33.8 Å². The molecule has 2 rings (SSSR count). The van der Waals surface area contributed by atoms with E-state index in [-0.39, 0.29) is 11.8 Å². The normalized spacial score (nSPS) is 11.0. The van der Waals surface area contributed by atoms with Gasteiger partial charge in [-0.15, -0.1) is 0 Å². The van der Waals surface area contributed by atoms with Crippen molar-refractivity contribution in [1.29, 1.82) is 0 Å². The van der Waals surface area contributed by atoms with Gasteiger partial charge in [0.25, 0.3) is 11.8 Å². The molecule has 0 heterocycles. The van der Waals surface area contributed by atoms with E-state index in [9.17, 15) is 9.59 Å². The molecule has 6 nitrogen and oxygen atoms in total. The van der Waals surface area contributed by atoms with Crippen LogP contribution in [0.5, 0.6) is 11.5 Å². The topological polar surface area (TPSA) is 67.9 Å². The zero-order valence-corrected chi connectivity index (χ0v) is 17.5. The fraction of sp³-hybridized carbons (Fsp3) is 0.364. The van der Waals surface area contributed by atoms with Gasteiger partial charge in [-0.3, -0.25) is 15.0 Å². The summed E-state index contributed by atoms with van der Waals surface area (Å²) >= 11 is 0. The Bertz CT molecular complexity index is 885. The summed E-state index contributed by atoms with van der Waals surface area (Å²) in [5, 5.41) is 1.34. The van der Waals surface area contributed by atoms with Crippen LogP contribution in [0.25, 0.3) is 0 Å². The number of hydrogen-bond acceptors (Lipinski definition) is 4. The van der Waals surface area contributed by atoms with Crippen LogP contribution < -0.4 is 14.9 Å². The molecule has 28 heavy (non-hydrogen) atoms. The quantitative estimate of drug-likeness (QED) is 0.812. The molecule has 0 aliphatic rings. The van der Waals surface area contributed by atoms with E-state index in [0.29, 0.717) is 28.2 Å². The standard InChI is InChI=1S/C22H28N2O4/c1-14-11-12-19(28-7)17(13-14)21(26)24(22(3,4)5)23-20(25)16-9-8-10-18(27-6)15(16)2/h8-13H,1-7H3,(H,23,25). The van der Waals surface area contributed by atoms with E-state index in [4.69, 9.17) is 9.47 Å². The first kappa shape index (κ1) is 21.3. The first-order chi connectivity index (χ1) is 13.1. The molecule has 0 fully saturated rings. The van der Waals surface area contributed by atoms with Crippen LogP contribution in [0.15, 0.2) is 36.4 Å². The maximum Gasteiger partial charge on any atom is 0.276 e. The Morgan fingerprint density at radius 2 is 1.57 bits per heavy atom. The van der Waals surface area contributed by atoms with Crippen LogP contribution in [0, 0.1) is 13.8 Å². The number of nitrogens with one attached hydrogen (secondary N) is 1. The molecule has 1 N–H and O–H groups in total. The minimum atomic E-state index is -0.658. The smallest absolute Gasteiger partial charge is 0.276 e. The number of amides is 2. The van der Waals surface area contributed by atoms with Crippen molar-refractivity contribution in [1.82, 2.24) is 10.4 Å². The zero-order valence-electron chi connectivity index (χ0n) is 17.5. The highest BCUT2D eigenvalue weighted by atomic mass is 16.5. The molecule has 0 aromatic heterocycles. The third kappa shape index (κ3) is 4.44. The lowest BCUT2D eigenvalue weighted by atomic mass is 10.0.